The molecular formula is C11H11ClN2O. The molecular weight excluding hydrogens is 212 g/mol. The van der Waals surface area contributed by atoms with Gasteiger partial charge in [-0.15, -0.1) is 12.4 Å². The summed E-state index contributed by atoms with van der Waals surface area (Å²) in [6, 6.07) is 3.78. The Kier molecular flexibility index (Phi) is 2.49. The van der Waals surface area contributed by atoms with Crippen LogP contribution in [0.5, 0.6) is 0 Å². The fourth-order valence-electron chi connectivity index (χ4n) is 1.76. The molecule has 4 heteroatoms. The van der Waals surface area contributed by atoms with Crippen molar-refractivity contribution in [1.82, 2.24) is 9.97 Å². The van der Waals surface area contributed by atoms with E-state index in [9.17, 15) is 4.79 Å². The zero-order chi connectivity index (χ0) is 9.54. The molecule has 0 bridgehead atoms. The van der Waals surface area contributed by atoms with Gasteiger partial charge in [0.15, 0.2) is 5.43 Å². The van der Waals surface area contributed by atoms with E-state index in [4.69, 9.17) is 0 Å². The Morgan fingerprint density at radius 2 is 2.13 bits per heavy atom. The molecule has 1 fully saturated rings. The molecule has 0 unspecified atom stereocenters. The first-order chi connectivity index (χ1) is 6.84. The van der Waals surface area contributed by atoms with Gasteiger partial charge < -0.3 is 4.98 Å². The van der Waals surface area contributed by atoms with Crippen molar-refractivity contribution in [3.05, 3.63) is 40.4 Å². The molecule has 3 aliphatic rings. The predicted octanol–water partition coefficient (Wildman–Crippen LogP) is 2.17. The Morgan fingerprint density at radius 3 is 2.87 bits per heavy atom. The molecule has 3 nitrogen and oxygen atoms in total. The number of halogens is 1. The lowest BCUT2D eigenvalue weighted by Gasteiger charge is -2.04. The lowest BCUT2D eigenvalue weighted by molar-refractivity contribution is 1.09. The maximum absolute atomic E-state index is 11.7. The third-order valence-electron chi connectivity index (χ3n) is 2.70. The maximum atomic E-state index is 11.7. The Balaban J connectivity index is 0.000000853. The first-order valence-corrected chi connectivity index (χ1v) is 4.81. The van der Waals surface area contributed by atoms with Crippen LogP contribution < -0.4 is 5.43 Å². The summed E-state index contributed by atoms with van der Waals surface area (Å²) < 4.78 is 0. The summed E-state index contributed by atoms with van der Waals surface area (Å²) >= 11 is 0. The molecule has 0 atom stereocenters. The smallest absolute Gasteiger partial charge is 0.189 e. The minimum atomic E-state index is 0. The number of rotatable bonds is 1. The van der Waals surface area contributed by atoms with Gasteiger partial charge >= 0.3 is 0 Å². The van der Waals surface area contributed by atoms with E-state index in [0.29, 0.717) is 11.5 Å². The van der Waals surface area contributed by atoms with Gasteiger partial charge in [0, 0.05) is 6.20 Å². The topological polar surface area (TPSA) is 45.8 Å². The summed E-state index contributed by atoms with van der Waals surface area (Å²) in [5.41, 5.74) is 2.71. The van der Waals surface area contributed by atoms with Gasteiger partial charge in [-0.05, 0) is 36.5 Å². The summed E-state index contributed by atoms with van der Waals surface area (Å²) in [7, 11) is 0. The summed E-state index contributed by atoms with van der Waals surface area (Å²) in [5.74, 6) is 0.609. The quantitative estimate of drug-likeness (QED) is 0.804. The van der Waals surface area contributed by atoms with E-state index >= 15 is 0 Å². The van der Waals surface area contributed by atoms with E-state index < -0.39 is 0 Å². The average Bonchev–Trinajstić information content (AvgIpc) is 3.01. The number of aromatic amines is 1. The normalized spacial score (nSPS) is 14.9. The molecule has 2 aliphatic carbocycles. The van der Waals surface area contributed by atoms with Crippen LogP contribution in [-0.2, 0) is 0 Å². The highest BCUT2D eigenvalue weighted by Gasteiger charge is 2.25. The van der Waals surface area contributed by atoms with Crippen molar-refractivity contribution in [3.8, 4) is 11.3 Å². The molecule has 0 aromatic rings. The van der Waals surface area contributed by atoms with Gasteiger partial charge in [-0.2, -0.15) is 0 Å². The second-order valence-corrected chi connectivity index (χ2v) is 3.80. The molecule has 1 aliphatic heterocycles. The molecule has 0 aromatic heterocycles. The fraction of sp³-hybridized carbons (Fsp3) is 0.273. The fourth-order valence-corrected chi connectivity index (χ4v) is 1.76. The number of nitrogens with zero attached hydrogens (tertiary/aromatic N) is 1. The number of fused-ring (bicyclic) bond motifs is 1. The standard InChI is InChI=1S/C11H10N2O.ClH/c14-11-4-8(7-1-2-7)3-10-9(11)5-12-6-13-10;/h3-7H,1-2H2,(H,12,13);1H. The van der Waals surface area contributed by atoms with Crippen LogP contribution in [-0.4, -0.2) is 9.97 Å². The van der Waals surface area contributed by atoms with E-state index in [-0.39, 0.29) is 17.8 Å². The highest BCUT2D eigenvalue weighted by atomic mass is 35.5. The van der Waals surface area contributed by atoms with Gasteiger partial charge in [-0.1, -0.05) is 0 Å². The molecule has 1 heterocycles. The number of benzene rings is 1. The summed E-state index contributed by atoms with van der Waals surface area (Å²) in [6.07, 6.45) is 5.74. The van der Waals surface area contributed by atoms with Gasteiger partial charge in [0.05, 0.1) is 17.6 Å². The van der Waals surface area contributed by atoms with Gasteiger partial charge in [0.25, 0.3) is 0 Å². The van der Waals surface area contributed by atoms with Crippen LogP contribution in [0.3, 0.4) is 0 Å². The predicted molar refractivity (Wildman–Crippen MR) is 60.7 cm³/mol. The van der Waals surface area contributed by atoms with Gasteiger partial charge in [0.1, 0.15) is 0 Å². The number of H-pyrrole nitrogens is 1. The highest BCUT2D eigenvalue weighted by molar-refractivity contribution is 5.85. The Hall–Kier alpha value is -1.35. The lowest BCUT2D eigenvalue weighted by atomic mass is 10.0. The Labute approximate surface area is 93.3 Å². The molecule has 78 valence electrons. The zero-order valence-corrected chi connectivity index (χ0v) is 8.88. The molecule has 0 saturated heterocycles. The lowest BCUT2D eigenvalue weighted by Crippen LogP contribution is -2.07. The molecule has 0 radical (unpaired) electrons. The minimum absolute atomic E-state index is 0. The highest BCUT2D eigenvalue weighted by Crippen LogP contribution is 2.40. The summed E-state index contributed by atoms with van der Waals surface area (Å²) in [4.78, 5) is 18.7. The van der Waals surface area contributed by atoms with Crippen LogP contribution in [0.1, 0.15) is 24.3 Å². The van der Waals surface area contributed by atoms with E-state index in [1.165, 1.54) is 12.8 Å². The Bertz CT molecular complexity index is 504. The van der Waals surface area contributed by atoms with Gasteiger partial charge in [0.2, 0.25) is 0 Å². The van der Waals surface area contributed by atoms with Crippen LogP contribution in [0.25, 0.3) is 11.3 Å². The number of hydrogen-bond donors (Lipinski definition) is 1. The third-order valence-corrected chi connectivity index (χ3v) is 2.70. The van der Waals surface area contributed by atoms with Crippen molar-refractivity contribution in [2.45, 2.75) is 18.8 Å². The molecule has 0 spiro atoms. The zero-order valence-electron chi connectivity index (χ0n) is 8.06. The van der Waals surface area contributed by atoms with Crippen LogP contribution in [0.15, 0.2) is 29.5 Å². The maximum Gasteiger partial charge on any atom is 0.189 e. The minimum Gasteiger partial charge on any atom is -0.352 e. The van der Waals surface area contributed by atoms with Crippen LogP contribution in [0.4, 0.5) is 0 Å². The number of nitrogens with one attached hydrogen (secondary N) is 1. The third kappa shape index (κ3) is 1.75. The Morgan fingerprint density at radius 1 is 1.33 bits per heavy atom. The first-order valence-electron chi connectivity index (χ1n) is 4.81. The van der Waals surface area contributed by atoms with Crippen molar-refractivity contribution < 1.29 is 0 Å². The molecule has 3 rings (SSSR count). The van der Waals surface area contributed by atoms with Crippen LogP contribution in [0.2, 0.25) is 0 Å². The summed E-state index contributed by atoms with van der Waals surface area (Å²) in [5, 5.41) is 0. The van der Waals surface area contributed by atoms with Crippen LogP contribution in [0, 0.1) is 0 Å². The van der Waals surface area contributed by atoms with Crippen molar-refractivity contribution in [2.24, 2.45) is 0 Å². The monoisotopic (exact) mass is 222 g/mol. The largest absolute Gasteiger partial charge is 0.352 e. The molecule has 1 saturated carbocycles. The first kappa shape index (κ1) is 10.2. The van der Waals surface area contributed by atoms with Crippen LogP contribution >= 0.6 is 12.4 Å². The molecule has 15 heavy (non-hydrogen) atoms. The molecule has 0 amide bonds. The van der Waals surface area contributed by atoms with E-state index in [0.717, 1.165) is 11.3 Å². The van der Waals surface area contributed by atoms with Gasteiger partial charge in [-0.25, -0.2) is 4.98 Å². The number of hydrogen-bond acceptors (Lipinski definition) is 2. The average molecular weight is 223 g/mol. The molecule has 0 aromatic carbocycles. The molecule has 1 N–H and O–H groups in total. The van der Waals surface area contributed by atoms with Gasteiger partial charge in [-0.3, -0.25) is 4.79 Å². The van der Waals surface area contributed by atoms with Crippen molar-refractivity contribution in [2.75, 3.05) is 0 Å². The SMILES string of the molecule is Cl.O=c1cc(C2CC2)cc2nc[nH]cc1-2. The second-order valence-electron chi connectivity index (χ2n) is 3.80. The van der Waals surface area contributed by atoms with E-state index in [2.05, 4.69) is 9.97 Å². The number of aromatic nitrogens is 2. The van der Waals surface area contributed by atoms with Crippen molar-refractivity contribution in [3.63, 3.8) is 0 Å². The van der Waals surface area contributed by atoms with Crippen molar-refractivity contribution in [1.29, 1.82) is 0 Å². The summed E-state index contributed by atoms with van der Waals surface area (Å²) in [6.45, 7) is 0. The van der Waals surface area contributed by atoms with Crippen molar-refractivity contribution >= 4 is 12.4 Å². The van der Waals surface area contributed by atoms with E-state index in [1.807, 2.05) is 6.07 Å². The van der Waals surface area contributed by atoms with E-state index in [1.54, 1.807) is 18.6 Å². The second kappa shape index (κ2) is 3.66.